The summed E-state index contributed by atoms with van der Waals surface area (Å²) in [7, 11) is 0. The number of hydrogen-bond donors (Lipinski definition) is 4. The Labute approximate surface area is 236 Å². The first-order chi connectivity index (χ1) is 18.8. The molecule has 0 spiro atoms. The molecule has 3 aromatic heterocycles. The summed E-state index contributed by atoms with van der Waals surface area (Å²) in [6.45, 7) is 5.98. The van der Waals surface area contributed by atoms with Gasteiger partial charge in [-0.15, -0.1) is 6.42 Å². The molecule has 0 aliphatic heterocycles. The van der Waals surface area contributed by atoms with Gasteiger partial charge in [0.05, 0.1) is 8.52 Å². The first-order valence-corrected chi connectivity index (χ1v) is 12.0. The number of aliphatic hydroxyl groups is 4. The molecular formula is C29H39BrFN3O4. The van der Waals surface area contributed by atoms with Crippen LogP contribution >= 0.6 is 15.9 Å². The normalized spacial score (nSPS) is 8.50. The lowest BCUT2D eigenvalue weighted by Gasteiger charge is -1.97. The highest BCUT2D eigenvalue weighted by Crippen LogP contribution is 2.04. The second-order valence-corrected chi connectivity index (χ2v) is 7.67. The number of terminal acetylenes is 1. The molecule has 0 saturated heterocycles. The third-order valence-corrected chi connectivity index (χ3v) is 4.21. The van der Waals surface area contributed by atoms with Gasteiger partial charge in [0.15, 0.2) is 0 Å². The predicted molar refractivity (Wildman–Crippen MR) is 155 cm³/mol. The van der Waals surface area contributed by atoms with E-state index in [9.17, 15) is 4.39 Å². The molecule has 3 heterocycles. The number of aliphatic hydroxyl groups excluding tert-OH is 4. The molecule has 7 nitrogen and oxygen atoms in total. The van der Waals surface area contributed by atoms with Crippen molar-refractivity contribution in [3.8, 4) is 24.2 Å². The van der Waals surface area contributed by atoms with E-state index in [4.69, 9.17) is 21.8 Å². The molecule has 0 atom stereocenters. The summed E-state index contributed by atoms with van der Waals surface area (Å²) in [5.74, 6) is 7.22. The van der Waals surface area contributed by atoms with Crippen LogP contribution in [0.25, 0.3) is 0 Å². The molecule has 0 bridgehead atoms. The summed E-state index contributed by atoms with van der Waals surface area (Å²) in [5.41, 5.74) is 5.24. The summed E-state index contributed by atoms with van der Waals surface area (Å²) < 4.78 is 16.4. The van der Waals surface area contributed by atoms with Gasteiger partial charge in [-0.1, -0.05) is 30.0 Å². The molecule has 38 heavy (non-hydrogen) atoms. The average molecular weight is 594 g/mol. The molecular weight excluding hydrogens is 553 g/mol. The molecule has 0 amide bonds. The Kier molecular flexibility index (Phi) is 29.2. The Morgan fingerprint density at radius 3 is 1.71 bits per heavy atom. The summed E-state index contributed by atoms with van der Waals surface area (Å²) in [6.07, 6.45) is 11.6. The lowest BCUT2D eigenvalue weighted by molar-refractivity contribution is 0.288. The SMILES string of the molecule is C#CCO.CO.Cc1ccc(Br)nc1.Cc1ccc(C#CCO)nc1.Cc1ccc(CCCO)nc1.[2H]CF. The standard InChI is InChI=1S/C9H13NO.C9H9NO.C6H6BrN.C3H4O.CH3F.CH4O/c2*1-8-4-5-9(10-7-8)3-2-6-11;1-5-2-3-6(7)8-4-5;1-2-3-4;2*1-2/h4-5,7,11H,2-3,6H2,1H3;4-5,7,11H,6H2,1H3;2-4H,1H3;1,4H,3H2;1H3;2H,1H3/i;;;;1D;. The fourth-order valence-electron chi connectivity index (χ4n) is 2.03. The monoisotopic (exact) mass is 592 g/mol. The van der Waals surface area contributed by atoms with E-state index in [2.05, 4.69) is 49.1 Å². The Hall–Kier alpha value is -3.18. The Morgan fingerprint density at radius 2 is 1.37 bits per heavy atom. The topological polar surface area (TPSA) is 120 Å². The summed E-state index contributed by atoms with van der Waals surface area (Å²) in [5, 5.41) is 31.6. The fraction of sp³-hybridized carbons (Fsp3) is 0.345. The predicted octanol–water partition coefficient (Wildman–Crippen LogP) is 4.01. The van der Waals surface area contributed by atoms with Crippen LogP contribution in [0.15, 0.2) is 59.6 Å². The van der Waals surface area contributed by atoms with Crippen LogP contribution in [0.2, 0.25) is 0 Å². The second-order valence-electron chi connectivity index (χ2n) is 6.86. The van der Waals surface area contributed by atoms with Gasteiger partial charge in [0.2, 0.25) is 0 Å². The molecule has 0 aliphatic carbocycles. The molecule has 0 unspecified atom stereocenters. The minimum Gasteiger partial charge on any atom is -0.400 e. The van der Waals surface area contributed by atoms with E-state index < -0.39 is 7.15 Å². The number of aromatic nitrogens is 3. The molecule has 208 valence electrons. The van der Waals surface area contributed by atoms with E-state index in [0.717, 1.165) is 35.8 Å². The van der Waals surface area contributed by atoms with Crippen LogP contribution in [0.5, 0.6) is 0 Å². The highest BCUT2D eigenvalue weighted by atomic mass is 79.9. The van der Waals surface area contributed by atoms with E-state index in [1.165, 1.54) is 11.1 Å². The van der Waals surface area contributed by atoms with Crippen molar-refractivity contribution in [2.45, 2.75) is 33.6 Å². The molecule has 9 heteroatoms. The number of nitrogens with zero attached hydrogens (tertiary/aromatic N) is 3. The number of halogens is 2. The van der Waals surface area contributed by atoms with Gasteiger partial charge >= 0.3 is 0 Å². The Balaban J connectivity index is -0.000000436. The number of pyridine rings is 3. The van der Waals surface area contributed by atoms with Crippen LogP contribution in [-0.4, -0.2) is 69.5 Å². The number of hydrogen-bond acceptors (Lipinski definition) is 7. The van der Waals surface area contributed by atoms with Crippen LogP contribution in [-0.2, 0) is 6.42 Å². The van der Waals surface area contributed by atoms with Crippen molar-refractivity contribution in [2.24, 2.45) is 0 Å². The zero-order valence-corrected chi connectivity index (χ0v) is 24.0. The second kappa shape index (κ2) is 30.0. The maximum Gasteiger partial charge on any atom is 0.113 e. The van der Waals surface area contributed by atoms with E-state index >= 15 is 0 Å². The van der Waals surface area contributed by atoms with Crippen molar-refractivity contribution in [3.63, 3.8) is 0 Å². The van der Waals surface area contributed by atoms with Gasteiger partial charge in [-0.25, -0.2) is 9.97 Å². The Morgan fingerprint density at radius 1 is 0.868 bits per heavy atom. The third-order valence-electron chi connectivity index (χ3n) is 3.74. The number of alkyl halides is 1. The van der Waals surface area contributed by atoms with E-state index in [-0.39, 0.29) is 19.8 Å². The van der Waals surface area contributed by atoms with Gasteiger partial charge in [0, 0.05) is 38.0 Å². The molecule has 0 aromatic carbocycles. The number of rotatable bonds is 3. The summed E-state index contributed by atoms with van der Waals surface area (Å²) in [6, 6.07) is 11.8. The van der Waals surface area contributed by atoms with Crippen molar-refractivity contribution < 1.29 is 26.2 Å². The Bertz CT molecular complexity index is 1020. The highest BCUT2D eigenvalue weighted by molar-refractivity contribution is 9.10. The smallest absolute Gasteiger partial charge is 0.113 e. The van der Waals surface area contributed by atoms with Crippen LogP contribution < -0.4 is 0 Å². The van der Waals surface area contributed by atoms with Gasteiger partial charge in [0.25, 0.3) is 0 Å². The molecule has 0 aliphatic rings. The van der Waals surface area contributed by atoms with Gasteiger partial charge in [-0.2, -0.15) is 0 Å². The first kappa shape index (κ1) is 37.0. The van der Waals surface area contributed by atoms with Gasteiger partial charge < -0.3 is 20.4 Å². The zero-order valence-electron chi connectivity index (χ0n) is 23.4. The van der Waals surface area contributed by atoms with Gasteiger partial charge in [-0.05, 0) is 90.4 Å². The summed E-state index contributed by atoms with van der Waals surface area (Å²) in [4.78, 5) is 12.2. The molecule has 4 N–H and O–H groups in total. The third kappa shape index (κ3) is 25.9. The summed E-state index contributed by atoms with van der Waals surface area (Å²) >= 11 is 3.23. The minimum absolute atomic E-state index is 0.116. The minimum atomic E-state index is -1.00. The van der Waals surface area contributed by atoms with Crippen molar-refractivity contribution in [2.75, 3.05) is 34.1 Å². The van der Waals surface area contributed by atoms with Crippen LogP contribution in [0, 0.1) is 45.0 Å². The van der Waals surface area contributed by atoms with Crippen LogP contribution in [0.1, 0.15) is 35.9 Å². The van der Waals surface area contributed by atoms with Crippen LogP contribution in [0.4, 0.5) is 4.39 Å². The maximum atomic E-state index is 9.96. The van der Waals surface area contributed by atoms with Crippen molar-refractivity contribution in [1.82, 2.24) is 15.0 Å². The van der Waals surface area contributed by atoms with E-state index in [1.807, 2.05) is 75.5 Å². The number of aryl methyl sites for hydroxylation is 4. The van der Waals surface area contributed by atoms with E-state index in [1.54, 1.807) is 6.20 Å². The molecule has 3 rings (SSSR count). The van der Waals surface area contributed by atoms with E-state index in [0.29, 0.717) is 5.69 Å². The lowest BCUT2D eigenvalue weighted by atomic mass is 10.2. The highest BCUT2D eigenvalue weighted by Gasteiger charge is 1.92. The van der Waals surface area contributed by atoms with Gasteiger partial charge in [-0.3, -0.25) is 9.37 Å². The molecule has 0 saturated carbocycles. The molecule has 3 aromatic rings. The van der Waals surface area contributed by atoms with Crippen molar-refractivity contribution >= 4 is 15.9 Å². The first-order valence-electron chi connectivity index (χ1n) is 12.0. The molecule has 0 radical (unpaired) electrons. The average Bonchev–Trinajstić information content (AvgIpc) is 2.96. The van der Waals surface area contributed by atoms with Crippen molar-refractivity contribution in [1.29, 1.82) is 0 Å². The zero-order chi connectivity index (χ0) is 30.3. The van der Waals surface area contributed by atoms with Crippen LogP contribution in [0.3, 0.4) is 0 Å². The maximum absolute atomic E-state index is 9.96. The quantitative estimate of drug-likeness (QED) is 0.268. The van der Waals surface area contributed by atoms with Crippen molar-refractivity contribution in [3.05, 3.63) is 87.7 Å². The lowest BCUT2D eigenvalue weighted by Crippen LogP contribution is -1.92. The largest absolute Gasteiger partial charge is 0.400 e. The fourth-order valence-corrected chi connectivity index (χ4v) is 2.26. The van der Waals surface area contributed by atoms with Gasteiger partial charge in [0.1, 0.15) is 23.5 Å². The molecule has 0 fully saturated rings.